The zero-order valence-electron chi connectivity index (χ0n) is 10.7. The van der Waals surface area contributed by atoms with Gasteiger partial charge in [-0.15, -0.1) is 12.4 Å². The number of nitrogens with zero attached hydrogens (tertiary/aromatic N) is 3. The van der Waals surface area contributed by atoms with Crippen LogP contribution in [0.2, 0.25) is 0 Å². The first kappa shape index (κ1) is 14.5. The summed E-state index contributed by atoms with van der Waals surface area (Å²) in [5, 5.41) is 7.83. The molecule has 1 aromatic rings. The molecule has 0 aromatic carbocycles. The first-order valence-corrected chi connectivity index (χ1v) is 6.25. The first-order chi connectivity index (χ1) is 7.78. The van der Waals surface area contributed by atoms with Crippen molar-refractivity contribution in [1.29, 1.82) is 0 Å². The zero-order valence-corrected chi connectivity index (χ0v) is 11.5. The molecule has 1 fully saturated rings. The van der Waals surface area contributed by atoms with Gasteiger partial charge in [0.1, 0.15) is 0 Å². The van der Waals surface area contributed by atoms with E-state index >= 15 is 0 Å². The summed E-state index contributed by atoms with van der Waals surface area (Å²) in [4.78, 5) is 2.49. The van der Waals surface area contributed by atoms with Gasteiger partial charge >= 0.3 is 0 Å². The number of piperazine rings is 1. The molecule has 1 aromatic heterocycles. The van der Waals surface area contributed by atoms with Gasteiger partial charge in [-0.2, -0.15) is 5.10 Å². The molecule has 2 rings (SSSR count). The fourth-order valence-electron chi connectivity index (χ4n) is 2.25. The van der Waals surface area contributed by atoms with Gasteiger partial charge in [0.05, 0.1) is 6.20 Å². The predicted octanol–water partition coefficient (Wildman–Crippen LogP) is 1.51. The molecule has 98 valence electrons. The Bertz CT molecular complexity index is 326. The third kappa shape index (κ3) is 4.30. The predicted molar refractivity (Wildman–Crippen MR) is 72.5 cm³/mol. The van der Waals surface area contributed by atoms with Crippen LogP contribution < -0.4 is 5.32 Å². The van der Waals surface area contributed by atoms with Gasteiger partial charge in [0.25, 0.3) is 0 Å². The molecule has 5 heteroatoms. The number of nitrogens with one attached hydrogen (secondary N) is 1. The average Bonchev–Trinajstić information content (AvgIpc) is 2.66. The normalized spacial score (nSPS) is 21.2. The van der Waals surface area contributed by atoms with Crippen molar-refractivity contribution in [2.45, 2.75) is 39.4 Å². The van der Waals surface area contributed by atoms with Crippen LogP contribution in [0.5, 0.6) is 0 Å². The van der Waals surface area contributed by atoms with E-state index in [4.69, 9.17) is 0 Å². The maximum atomic E-state index is 4.36. The Morgan fingerprint density at radius 2 is 2.35 bits per heavy atom. The maximum absolute atomic E-state index is 4.36. The third-order valence-electron chi connectivity index (χ3n) is 3.00. The summed E-state index contributed by atoms with van der Waals surface area (Å²) in [5.41, 5.74) is 1.34. The van der Waals surface area contributed by atoms with Crippen molar-refractivity contribution in [3.05, 3.63) is 18.0 Å². The highest BCUT2D eigenvalue weighted by molar-refractivity contribution is 5.85. The van der Waals surface area contributed by atoms with E-state index in [1.807, 2.05) is 10.9 Å². The molecular formula is C12H23ClN4. The van der Waals surface area contributed by atoms with Crippen LogP contribution in [0.25, 0.3) is 0 Å². The Balaban J connectivity index is 0.00000144. The minimum absolute atomic E-state index is 0. The van der Waals surface area contributed by atoms with E-state index in [-0.39, 0.29) is 12.4 Å². The first-order valence-electron chi connectivity index (χ1n) is 6.25. The summed E-state index contributed by atoms with van der Waals surface area (Å²) in [7, 11) is 0. The minimum atomic E-state index is 0. The molecule has 1 atom stereocenters. The lowest BCUT2D eigenvalue weighted by Gasteiger charge is -2.31. The standard InChI is InChI=1S/C12H22N4.ClH/c1-3-5-16-10-12(7-14-16)9-15-6-4-13-11(2)8-15;/h7,10-11,13H,3-6,8-9H2,1-2H3;1H/t11-;/m1./s1. The van der Waals surface area contributed by atoms with Crippen LogP contribution in [0.3, 0.4) is 0 Å². The van der Waals surface area contributed by atoms with E-state index in [1.165, 1.54) is 5.56 Å². The molecule has 0 unspecified atom stereocenters. The second-order valence-electron chi connectivity index (χ2n) is 4.70. The topological polar surface area (TPSA) is 33.1 Å². The van der Waals surface area contributed by atoms with Gasteiger partial charge in [0, 0.05) is 50.5 Å². The van der Waals surface area contributed by atoms with E-state index in [9.17, 15) is 0 Å². The second kappa shape index (κ2) is 6.99. The van der Waals surface area contributed by atoms with Gasteiger partial charge < -0.3 is 5.32 Å². The smallest absolute Gasteiger partial charge is 0.0534 e. The molecular weight excluding hydrogens is 236 g/mol. The van der Waals surface area contributed by atoms with E-state index in [1.54, 1.807) is 0 Å². The molecule has 0 amide bonds. The molecule has 17 heavy (non-hydrogen) atoms. The van der Waals surface area contributed by atoms with Gasteiger partial charge in [-0.3, -0.25) is 9.58 Å². The molecule has 0 aliphatic carbocycles. The summed E-state index contributed by atoms with van der Waals surface area (Å²) >= 11 is 0. The highest BCUT2D eigenvalue weighted by Gasteiger charge is 2.15. The highest BCUT2D eigenvalue weighted by Crippen LogP contribution is 2.07. The lowest BCUT2D eigenvalue weighted by molar-refractivity contribution is 0.199. The van der Waals surface area contributed by atoms with E-state index in [0.29, 0.717) is 6.04 Å². The van der Waals surface area contributed by atoms with Crippen molar-refractivity contribution in [3.63, 3.8) is 0 Å². The summed E-state index contributed by atoms with van der Waals surface area (Å²) in [6.07, 6.45) is 5.32. The van der Waals surface area contributed by atoms with Crippen LogP contribution in [-0.4, -0.2) is 40.4 Å². The lowest BCUT2D eigenvalue weighted by Crippen LogP contribution is -2.48. The number of rotatable bonds is 4. The van der Waals surface area contributed by atoms with E-state index in [2.05, 4.69) is 35.4 Å². The Labute approximate surface area is 110 Å². The van der Waals surface area contributed by atoms with Crippen molar-refractivity contribution in [2.24, 2.45) is 0 Å². The molecule has 1 saturated heterocycles. The molecule has 0 saturated carbocycles. The van der Waals surface area contributed by atoms with E-state index in [0.717, 1.165) is 39.1 Å². The largest absolute Gasteiger partial charge is 0.312 e. The number of aromatic nitrogens is 2. The number of hydrogen-bond acceptors (Lipinski definition) is 3. The molecule has 0 spiro atoms. The fourth-order valence-corrected chi connectivity index (χ4v) is 2.25. The maximum Gasteiger partial charge on any atom is 0.0534 e. The molecule has 1 aliphatic heterocycles. The SMILES string of the molecule is CCCn1cc(CN2CCN[C@H](C)C2)cn1.Cl. The van der Waals surface area contributed by atoms with Gasteiger partial charge in [-0.25, -0.2) is 0 Å². The van der Waals surface area contributed by atoms with Crippen LogP contribution in [0.15, 0.2) is 12.4 Å². The van der Waals surface area contributed by atoms with Gasteiger partial charge in [0.2, 0.25) is 0 Å². The van der Waals surface area contributed by atoms with Crippen molar-refractivity contribution >= 4 is 12.4 Å². The van der Waals surface area contributed by atoms with Crippen LogP contribution in [0, 0.1) is 0 Å². The molecule has 0 radical (unpaired) electrons. The Morgan fingerprint density at radius 1 is 1.53 bits per heavy atom. The van der Waals surface area contributed by atoms with Crippen LogP contribution in [0.1, 0.15) is 25.8 Å². The van der Waals surface area contributed by atoms with Crippen molar-refractivity contribution in [3.8, 4) is 0 Å². The second-order valence-corrected chi connectivity index (χ2v) is 4.70. The average molecular weight is 259 g/mol. The summed E-state index contributed by atoms with van der Waals surface area (Å²) in [5.74, 6) is 0. The number of halogens is 1. The number of aryl methyl sites for hydroxylation is 1. The molecule has 1 aliphatic rings. The molecule has 0 bridgehead atoms. The summed E-state index contributed by atoms with van der Waals surface area (Å²) in [6.45, 7) is 9.87. The van der Waals surface area contributed by atoms with Gasteiger partial charge in [-0.1, -0.05) is 6.92 Å². The van der Waals surface area contributed by atoms with E-state index < -0.39 is 0 Å². The number of hydrogen-bond donors (Lipinski definition) is 1. The molecule has 2 heterocycles. The van der Waals surface area contributed by atoms with Crippen molar-refractivity contribution in [1.82, 2.24) is 20.0 Å². The van der Waals surface area contributed by atoms with Crippen LogP contribution in [-0.2, 0) is 13.1 Å². The molecule has 1 N–H and O–H groups in total. The van der Waals surface area contributed by atoms with Gasteiger partial charge in [0.15, 0.2) is 0 Å². The van der Waals surface area contributed by atoms with Crippen LogP contribution in [0.4, 0.5) is 0 Å². The van der Waals surface area contributed by atoms with Crippen molar-refractivity contribution in [2.75, 3.05) is 19.6 Å². The summed E-state index contributed by atoms with van der Waals surface area (Å²) in [6, 6.07) is 0.611. The third-order valence-corrected chi connectivity index (χ3v) is 3.00. The summed E-state index contributed by atoms with van der Waals surface area (Å²) < 4.78 is 2.04. The Morgan fingerprint density at radius 3 is 3.06 bits per heavy atom. The van der Waals surface area contributed by atoms with Crippen molar-refractivity contribution < 1.29 is 0 Å². The Hall–Kier alpha value is -0.580. The Kier molecular flexibility index (Phi) is 5.95. The minimum Gasteiger partial charge on any atom is -0.312 e. The quantitative estimate of drug-likeness (QED) is 0.889. The van der Waals surface area contributed by atoms with Gasteiger partial charge in [-0.05, 0) is 13.3 Å². The zero-order chi connectivity index (χ0) is 11.4. The highest BCUT2D eigenvalue weighted by atomic mass is 35.5. The molecule has 4 nitrogen and oxygen atoms in total. The monoisotopic (exact) mass is 258 g/mol. The fraction of sp³-hybridized carbons (Fsp3) is 0.750. The lowest BCUT2D eigenvalue weighted by atomic mass is 10.2. The van der Waals surface area contributed by atoms with Crippen LogP contribution >= 0.6 is 12.4 Å².